The maximum Gasteiger partial charge on any atom is 0.303 e. The van der Waals surface area contributed by atoms with Crippen LogP contribution in [-0.4, -0.2) is 78.8 Å². The number of hydrogen-bond donors (Lipinski definition) is 3. The molecule has 5 atom stereocenters. The maximum atomic E-state index is 12.7. The number of carboxylic acids is 1. The van der Waals surface area contributed by atoms with Crippen molar-refractivity contribution in [3.63, 3.8) is 0 Å². The fraction of sp³-hybridized carbons (Fsp3) is 0.565. The number of hydrogen-bond acceptors (Lipinski definition) is 12. The summed E-state index contributed by atoms with van der Waals surface area (Å²) in [6.07, 6.45) is -6.00. The average molecular weight is 552 g/mol. The smallest absolute Gasteiger partial charge is 0.303 e. The van der Waals surface area contributed by atoms with Gasteiger partial charge in [-0.15, -0.1) is 0 Å². The summed E-state index contributed by atoms with van der Waals surface area (Å²) in [5.74, 6) is -4.51. The fourth-order valence-corrected chi connectivity index (χ4v) is 4.03. The van der Waals surface area contributed by atoms with Gasteiger partial charge in [-0.1, -0.05) is 13.8 Å². The zero-order valence-electron chi connectivity index (χ0n) is 21.8. The number of aromatic amines is 1. The molecule has 2 aromatic heterocycles. The molecular weight excluding hydrogens is 522 g/mol. The highest BCUT2D eigenvalue weighted by Gasteiger charge is 2.54. The summed E-state index contributed by atoms with van der Waals surface area (Å²) in [5, 5.41) is 11.7. The van der Waals surface area contributed by atoms with E-state index in [9.17, 15) is 33.9 Å². The molecule has 0 bridgehead atoms. The number of aromatic nitrogens is 4. The number of aliphatic carboxylic acids is 1. The van der Waals surface area contributed by atoms with Gasteiger partial charge in [0.2, 0.25) is 11.9 Å². The Balaban J connectivity index is 2.12. The van der Waals surface area contributed by atoms with Crippen molar-refractivity contribution in [2.75, 3.05) is 5.32 Å². The van der Waals surface area contributed by atoms with Gasteiger partial charge < -0.3 is 24.1 Å². The van der Waals surface area contributed by atoms with Gasteiger partial charge in [-0.3, -0.25) is 43.6 Å². The number of esters is 3. The van der Waals surface area contributed by atoms with Crippen LogP contribution in [0.1, 0.15) is 53.7 Å². The molecule has 212 valence electrons. The van der Waals surface area contributed by atoms with Gasteiger partial charge in [0.1, 0.15) is 12.2 Å². The Morgan fingerprint density at radius 2 is 1.74 bits per heavy atom. The summed E-state index contributed by atoms with van der Waals surface area (Å²) >= 11 is 0. The third kappa shape index (κ3) is 6.95. The zero-order valence-corrected chi connectivity index (χ0v) is 21.8. The lowest BCUT2D eigenvalue weighted by molar-refractivity contribution is -0.171. The van der Waals surface area contributed by atoms with Crippen LogP contribution in [-0.2, 0) is 42.9 Å². The highest BCUT2D eigenvalue weighted by Crippen LogP contribution is 2.38. The first-order valence-electron chi connectivity index (χ1n) is 11.9. The lowest BCUT2D eigenvalue weighted by Crippen LogP contribution is -2.45. The van der Waals surface area contributed by atoms with Crippen molar-refractivity contribution in [3.05, 3.63) is 16.7 Å². The largest absolute Gasteiger partial charge is 0.481 e. The third-order valence-electron chi connectivity index (χ3n) is 5.63. The van der Waals surface area contributed by atoms with Crippen molar-refractivity contribution in [3.8, 4) is 0 Å². The van der Waals surface area contributed by atoms with Gasteiger partial charge >= 0.3 is 23.9 Å². The number of fused-ring (bicyclic) bond motifs is 1. The molecule has 2 aromatic rings. The van der Waals surface area contributed by atoms with Crippen LogP contribution in [0.2, 0.25) is 0 Å². The molecule has 0 saturated carbocycles. The van der Waals surface area contributed by atoms with E-state index in [2.05, 4.69) is 20.3 Å². The molecule has 1 fully saturated rings. The van der Waals surface area contributed by atoms with Crippen LogP contribution in [0.3, 0.4) is 0 Å². The van der Waals surface area contributed by atoms with Crippen LogP contribution in [0.5, 0.6) is 0 Å². The predicted octanol–water partition coefficient (Wildman–Crippen LogP) is 0.271. The van der Waals surface area contributed by atoms with E-state index >= 15 is 0 Å². The Bertz CT molecular complexity index is 1330. The number of carboxylic acid groups (broad SMARTS) is 1. The Kier molecular flexibility index (Phi) is 9.00. The lowest BCUT2D eigenvalue weighted by Gasteiger charge is -2.27. The van der Waals surface area contributed by atoms with E-state index in [0.29, 0.717) is 0 Å². The first-order valence-corrected chi connectivity index (χ1v) is 11.9. The molecule has 16 nitrogen and oxygen atoms in total. The monoisotopic (exact) mass is 551 g/mol. The third-order valence-corrected chi connectivity index (χ3v) is 5.63. The van der Waals surface area contributed by atoms with Crippen LogP contribution >= 0.6 is 0 Å². The van der Waals surface area contributed by atoms with Crippen molar-refractivity contribution in [1.29, 1.82) is 0 Å². The van der Waals surface area contributed by atoms with Crippen molar-refractivity contribution < 1.29 is 48.0 Å². The summed E-state index contributed by atoms with van der Waals surface area (Å²) in [6.45, 7) is 6.61. The van der Waals surface area contributed by atoms with Gasteiger partial charge in [-0.05, 0) is 6.42 Å². The molecule has 1 saturated heterocycles. The molecule has 0 unspecified atom stereocenters. The van der Waals surface area contributed by atoms with Gasteiger partial charge in [0.15, 0.2) is 29.6 Å². The second kappa shape index (κ2) is 12.0. The second-order valence-electron chi connectivity index (χ2n) is 9.10. The van der Waals surface area contributed by atoms with E-state index in [1.807, 2.05) is 0 Å². The second-order valence-corrected chi connectivity index (χ2v) is 9.10. The average Bonchev–Trinajstić information content (AvgIpc) is 3.37. The molecule has 3 rings (SSSR count). The number of carbonyl (C=O) groups excluding carboxylic acids is 4. The molecule has 0 aromatic carbocycles. The lowest BCUT2D eigenvalue weighted by atomic mass is 10.0. The summed E-state index contributed by atoms with van der Waals surface area (Å²) in [7, 11) is 0. The van der Waals surface area contributed by atoms with E-state index in [1.54, 1.807) is 13.8 Å². The van der Waals surface area contributed by atoms with E-state index < -0.39 is 78.3 Å². The quantitative estimate of drug-likeness (QED) is 0.267. The van der Waals surface area contributed by atoms with Crippen LogP contribution in [0.15, 0.2) is 11.1 Å². The number of H-pyrrole nitrogens is 1. The zero-order chi connectivity index (χ0) is 29.0. The highest BCUT2D eigenvalue weighted by molar-refractivity contribution is 5.91. The van der Waals surface area contributed by atoms with Gasteiger partial charge in [0.25, 0.3) is 5.56 Å². The van der Waals surface area contributed by atoms with Crippen LogP contribution < -0.4 is 10.9 Å². The van der Waals surface area contributed by atoms with E-state index in [-0.39, 0.29) is 23.5 Å². The van der Waals surface area contributed by atoms with Crippen molar-refractivity contribution in [2.45, 2.75) is 78.1 Å². The molecule has 16 heteroatoms. The Labute approximate surface area is 221 Å². The summed E-state index contributed by atoms with van der Waals surface area (Å²) in [5.41, 5.74) is -0.901. The number of carbonyl (C=O) groups is 5. The minimum atomic E-state index is -1.36. The summed E-state index contributed by atoms with van der Waals surface area (Å²) in [4.78, 5) is 82.7. The van der Waals surface area contributed by atoms with Crippen LogP contribution in [0, 0.1) is 5.92 Å². The Morgan fingerprint density at radius 1 is 1.10 bits per heavy atom. The normalized spacial score (nSPS) is 21.4. The van der Waals surface area contributed by atoms with Crippen molar-refractivity contribution >= 4 is 46.9 Å². The molecular formula is C23H29N5O11. The molecule has 1 aliphatic heterocycles. The van der Waals surface area contributed by atoms with Crippen molar-refractivity contribution in [1.82, 2.24) is 19.5 Å². The molecule has 0 spiro atoms. The molecule has 1 aliphatic rings. The van der Waals surface area contributed by atoms with E-state index in [0.717, 1.165) is 20.8 Å². The van der Waals surface area contributed by atoms with Crippen LogP contribution in [0.4, 0.5) is 5.95 Å². The minimum Gasteiger partial charge on any atom is -0.481 e. The minimum absolute atomic E-state index is 0.0724. The van der Waals surface area contributed by atoms with E-state index in [4.69, 9.17) is 18.9 Å². The molecule has 3 N–H and O–H groups in total. The molecule has 39 heavy (non-hydrogen) atoms. The van der Waals surface area contributed by atoms with Gasteiger partial charge in [-0.2, -0.15) is 4.98 Å². The van der Waals surface area contributed by atoms with E-state index in [1.165, 1.54) is 10.9 Å². The maximum absolute atomic E-state index is 12.7. The molecule has 1 amide bonds. The predicted molar refractivity (Wildman–Crippen MR) is 129 cm³/mol. The molecule has 0 aliphatic carbocycles. The fourth-order valence-electron chi connectivity index (χ4n) is 4.03. The van der Waals surface area contributed by atoms with Crippen molar-refractivity contribution in [2.24, 2.45) is 5.92 Å². The summed E-state index contributed by atoms with van der Waals surface area (Å²) < 4.78 is 23.5. The van der Waals surface area contributed by atoms with Gasteiger partial charge in [0, 0.05) is 33.1 Å². The molecule has 3 heterocycles. The number of rotatable bonds is 10. The Morgan fingerprint density at radius 3 is 2.31 bits per heavy atom. The number of anilines is 1. The van der Waals surface area contributed by atoms with Gasteiger partial charge in [0.05, 0.1) is 6.33 Å². The standard InChI is InChI=1S/C23H29N5O11/c1-9(2)20(34)26-23-25-19-15(21(35)27-23)24-8-28(19)22-18(38-12(5)31)17(37-11(4)30)16(39-22)13(36-10(3)29)6-7-14(32)33/h8-9,13,16-18,22H,6-7H2,1-5H3,(H,32,33)(H2,25,26,27,34,35)/t13-,16-,17-,18-,22-/m1/s1. The Hall–Kier alpha value is -4.34. The SMILES string of the molecule is CC(=O)O[C@H]1[C@@H](OC(C)=O)[C@H](n2cnc3c(=O)[nH]c(NC(=O)C(C)C)nc32)O[C@@H]1[C@@H](CCC(=O)O)OC(C)=O. The summed E-state index contributed by atoms with van der Waals surface area (Å²) in [6, 6.07) is 0. The first kappa shape index (κ1) is 29.2. The van der Waals surface area contributed by atoms with Gasteiger partial charge in [-0.25, -0.2) is 4.98 Å². The highest BCUT2D eigenvalue weighted by atomic mass is 16.7. The first-order chi connectivity index (χ1) is 18.3. The van der Waals surface area contributed by atoms with Crippen LogP contribution in [0.25, 0.3) is 11.2 Å². The molecule has 0 radical (unpaired) electrons. The number of amides is 1. The topological polar surface area (TPSA) is 218 Å². The number of imidazole rings is 1. The number of nitrogens with zero attached hydrogens (tertiary/aromatic N) is 3. The number of nitrogens with one attached hydrogen (secondary N) is 2. The number of ether oxygens (including phenoxy) is 4.